The molecule has 6 heteroatoms. The van der Waals surface area contributed by atoms with Crippen molar-refractivity contribution in [2.45, 2.75) is 95.5 Å². The molecule has 0 spiro atoms. The minimum atomic E-state index is -0.652. The van der Waals surface area contributed by atoms with Gasteiger partial charge in [-0.2, -0.15) is 0 Å². The Balaban J connectivity index is 1.71. The Morgan fingerprint density at radius 3 is 0.667 bits per heavy atom. The summed E-state index contributed by atoms with van der Waals surface area (Å²) in [7, 11) is 0. The molecule has 3 aliphatic heterocycles. The SMILES string of the molecule is CC1(C)O[C@H]2[C@H](O1)[C@H]1OC(C)(C)O[C@H]1[C@@H]1OC(C)(C)O[C@@H]12. The molecule has 0 N–H and O–H groups in total. The second kappa shape index (κ2) is 3.99. The first-order valence-corrected chi connectivity index (χ1v) is 7.64. The van der Waals surface area contributed by atoms with Gasteiger partial charge < -0.3 is 28.4 Å². The first kappa shape index (κ1) is 14.4. The molecule has 0 amide bonds. The van der Waals surface area contributed by atoms with Gasteiger partial charge in [-0.15, -0.1) is 0 Å². The van der Waals surface area contributed by atoms with Gasteiger partial charge in [-0.3, -0.25) is 0 Å². The van der Waals surface area contributed by atoms with E-state index in [0.717, 1.165) is 0 Å². The fraction of sp³-hybridized carbons (Fsp3) is 1.00. The average Bonchev–Trinajstić information content (AvgIpc) is 2.88. The monoisotopic (exact) mass is 300 g/mol. The van der Waals surface area contributed by atoms with Crippen molar-refractivity contribution in [2.24, 2.45) is 0 Å². The fourth-order valence-electron chi connectivity index (χ4n) is 3.98. The van der Waals surface area contributed by atoms with Crippen molar-refractivity contribution < 1.29 is 28.4 Å². The van der Waals surface area contributed by atoms with Crippen molar-refractivity contribution in [3.05, 3.63) is 0 Å². The normalized spacial score (nSPS) is 52.3. The second-order valence-corrected chi connectivity index (χ2v) is 7.69. The van der Waals surface area contributed by atoms with Gasteiger partial charge in [0.05, 0.1) is 0 Å². The molecule has 3 heterocycles. The van der Waals surface area contributed by atoms with Crippen LogP contribution in [0.3, 0.4) is 0 Å². The number of ether oxygens (including phenoxy) is 6. The molecule has 120 valence electrons. The Labute approximate surface area is 125 Å². The number of hydrogen-bond acceptors (Lipinski definition) is 6. The van der Waals surface area contributed by atoms with Crippen LogP contribution in [0.2, 0.25) is 0 Å². The summed E-state index contributed by atoms with van der Waals surface area (Å²) in [6, 6.07) is 0. The number of fused-ring (bicyclic) bond motifs is 6. The van der Waals surface area contributed by atoms with E-state index in [-0.39, 0.29) is 36.6 Å². The highest BCUT2D eigenvalue weighted by atomic mass is 16.8. The van der Waals surface area contributed by atoms with E-state index in [9.17, 15) is 0 Å². The molecule has 1 saturated carbocycles. The lowest BCUT2D eigenvalue weighted by Gasteiger charge is -2.37. The van der Waals surface area contributed by atoms with Gasteiger partial charge in [-0.1, -0.05) is 0 Å². The molecule has 0 bridgehead atoms. The summed E-state index contributed by atoms with van der Waals surface area (Å²) >= 11 is 0. The van der Waals surface area contributed by atoms with Gasteiger partial charge in [-0.25, -0.2) is 0 Å². The Bertz CT molecular complexity index is 345. The summed E-state index contributed by atoms with van der Waals surface area (Å²) in [6.07, 6.45) is -1.22. The van der Waals surface area contributed by atoms with Crippen LogP contribution in [0.4, 0.5) is 0 Å². The third-order valence-corrected chi connectivity index (χ3v) is 4.46. The van der Waals surface area contributed by atoms with Crippen LogP contribution in [0.5, 0.6) is 0 Å². The maximum Gasteiger partial charge on any atom is 0.164 e. The number of rotatable bonds is 0. The van der Waals surface area contributed by atoms with Crippen molar-refractivity contribution >= 4 is 0 Å². The summed E-state index contributed by atoms with van der Waals surface area (Å²) in [4.78, 5) is 0. The van der Waals surface area contributed by atoms with E-state index in [1.165, 1.54) is 0 Å². The molecule has 21 heavy (non-hydrogen) atoms. The van der Waals surface area contributed by atoms with Gasteiger partial charge in [0.25, 0.3) is 0 Å². The zero-order chi connectivity index (χ0) is 15.2. The summed E-state index contributed by atoms with van der Waals surface area (Å²) in [5.74, 6) is -1.96. The summed E-state index contributed by atoms with van der Waals surface area (Å²) in [5.41, 5.74) is 0. The van der Waals surface area contributed by atoms with Gasteiger partial charge in [0, 0.05) is 0 Å². The molecule has 1 aliphatic carbocycles. The molecule has 0 aromatic carbocycles. The highest BCUT2D eigenvalue weighted by molar-refractivity contribution is 5.11. The predicted octanol–water partition coefficient (Wildman–Crippen LogP) is 1.56. The van der Waals surface area contributed by atoms with Crippen LogP contribution in [0.15, 0.2) is 0 Å². The van der Waals surface area contributed by atoms with E-state index >= 15 is 0 Å². The van der Waals surface area contributed by atoms with Crippen LogP contribution in [-0.2, 0) is 28.4 Å². The Hall–Kier alpha value is -0.240. The third-order valence-electron chi connectivity index (χ3n) is 4.46. The van der Waals surface area contributed by atoms with Crippen LogP contribution in [0.1, 0.15) is 41.5 Å². The largest absolute Gasteiger partial charge is 0.342 e. The predicted molar refractivity (Wildman–Crippen MR) is 71.5 cm³/mol. The number of hydrogen-bond donors (Lipinski definition) is 0. The van der Waals surface area contributed by atoms with Crippen LogP contribution in [-0.4, -0.2) is 54.0 Å². The summed E-state index contributed by atoms with van der Waals surface area (Å²) in [6.45, 7) is 11.5. The molecule has 4 rings (SSSR count). The standard InChI is InChI=1S/C15H24O6/c1-13(2)16-7-8(17-13)10-12(21-15(5,6)19-10)11-9(7)18-14(3,4)20-11/h7-12H,1-6H3/t7-,8-,9+,10+,11+,12+/m0/s1. The third kappa shape index (κ3) is 2.16. The molecule has 6 nitrogen and oxygen atoms in total. The molecule has 0 atom stereocenters. The molecular formula is C15H24O6. The van der Waals surface area contributed by atoms with Crippen molar-refractivity contribution in [3.63, 3.8) is 0 Å². The molecule has 0 aromatic heterocycles. The Kier molecular flexibility index (Phi) is 2.73. The summed E-state index contributed by atoms with van der Waals surface area (Å²) < 4.78 is 36.4. The van der Waals surface area contributed by atoms with Gasteiger partial charge >= 0.3 is 0 Å². The topological polar surface area (TPSA) is 55.4 Å². The van der Waals surface area contributed by atoms with E-state index in [1.807, 2.05) is 41.5 Å². The Morgan fingerprint density at radius 1 is 0.381 bits per heavy atom. The van der Waals surface area contributed by atoms with E-state index in [0.29, 0.717) is 0 Å². The van der Waals surface area contributed by atoms with E-state index < -0.39 is 17.4 Å². The van der Waals surface area contributed by atoms with Crippen molar-refractivity contribution in [2.75, 3.05) is 0 Å². The Morgan fingerprint density at radius 2 is 0.524 bits per heavy atom. The molecule has 3 saturated heterocycles. The van der Waals surface area contributed by atoms with Crippen LogP contribution < -0.4 is 0 Å². The molecular weight excluding hydrogens is 276 g/mol. The zero-order valence-electron chi connectivity index (χ0n) is 13.4. The van der Waals surface area contributed by atoms with Gasteiger partial charge in [0.1, 0.15) is 36.6 Å². The molecule has 0 aromatic rings. The maximum atomic E-state index is 6.07. The van der Waals surface area contributed by atoms with E-state index in [2.05, 4.69) is 0 Å². The molecule has 0 radical (unpaired) electrons. The highest BCUT2D eigenvalue weighted by Gasteiger charge is 2.67. The first-order valence-electron chi connectivity index (χ1n) is 7.64. The molecule has 4 fully saturated rings. The quantitative estimate of drug-likeness (QED) is 0.677. The van der Waals surface area contributed by atoms with Gasteiger partial charge in [0.15, 0.2) is 17.4 Å². The lowest BCUT2D eigenvalue weighted by atomic mass is 9.85. The van der Waals surface area contributed by atoms with Gasteiger partial charge in [-0.05, 0) is 41.5 Å². The van der Waals surface area contributed by atoms with Crippen molar-refractivity contribution in [1.82, 2.24) is 0 Å². The summed E-state index contributed by atoms with van der Waals surface area (Å²) in [5, 5.41) is 0. The maximum absolute atomic E-state index is 6.07. The molecule has 4 aliphatic rings. The zero-order valence-corrected chi connectivity index (χ0v) is 13.4. The van der Waals surface area contributed by atoms with E-state index in [1.54, 1.807) is 0 Å². The fourth-order valence-corrected chi connectivity index (χ4v) is 3.98. The first-order chi connectivity index (χ1) is 9.57. The minimum Gasteiger partial charge on any atom is -0.342 e. The van der Waals surface area contributed by atoms with Crippen molar-refractivity contribution in [3.8, 4) is 0 Å². The molecule has 0 unspecified atom stereocenters. The average molecular weight is 300 g/mol. The van der Waals surface area contributed by atoms with Gasteiger partial charge in [0.2, 0.25) is 0 Å². The van der Waals surface area contributed by atoms with Crippen LogP contribution in [0.25, 0.3) is 0 Å². The second-order valence-electron chi connectivity index (χ2n) is 7.69. The highest BCUT2D eigenvalue weighted by Crippen LogP contribution is 2.50. The van der Waals surface area contributed by atoms with Crippen molar-refractivity contribution in [1.29, 1.82) is 0 Å². The minimum absolute atomic E-state index is 0.203. The van der Waals surface area contributed by atoms with E-state index in [4.69, 9.17) is 28.4 Å². The smallest absolute Gasteiger partial charge is 0.164 e. The lowest BCUT2D eigenvalue weighted by molar-refractivity contribution is -0.178. The van der Waals surface area contributed by atoms with Crippen LogP contribution in [0, 0.1) is 0 Å². The van der Waals surface area contributed by atoms with Crippen LogP contribution >= 0.6 is 0 Å². The lowest BCUT2D eigenvalue weighted by Crippen LogP contribution is -2.60.